The van der Waals surface area contributed by atoms with Gasteiger partial charge in [0.25, 0.3) is 0 Å². The lowest BCUT2D eigenvalue weighted by Gasteiger charge is -2.06. The molecule has 4 rings (SSSR count). The van der Waals surface area contributed by atoms with Gasteiger partial charge in [0.05, 0.1) is 15.7 Å². The highest BCUT2D eigenvalue weighted by Crippen LogP contribution is 2.31. The van der Waals surface area contributed by atoms with E-state index in [-0.39, 0.29) is 0 Å². The fourth-order valence-electron chi connectivity index (χ4n) is 2.74. The fraction of sp³-hybridized carbons (Fsp3) is 0. The minimum atomic E-state index is -0.396. The number of urea groups is 1. The first-order valence-corrected chi connectivity index (χ1v) is 9.70. The summed E-state index contributed by atoms with van der Waals surface area (Å²) in [5, 5.41) is 11.0. The summed E-state index contributed by atoms with van der Waals surface area (Å²) in [4.78, 5) is 16.7. The van der Waals surface area contributed by atoms with Gasteiger partial charge >= 0.3 is 6.03 Å². The summed E-state index contributed by atoms with van der Waals surface area (Å²) in [6, 6.07) is 18.7. The number of thiazole rings is 1. The second-order valence-corrected chi connectivity index (χ2v) is 7.45. The van der Waals surface area contributed by atoms with Gasteiger partial charge in [-0.2, -0.15) is 0 Å². The summed E-state index contributed by atoms with van der Waals surface area (Å²) in [7, 11) is 0. The molecule has 3 aromatic carbocycles. The molecule has 0 atom stereocenters. The van der Waals surface area contributed by atoms with Gasteiger partial charge in [0.15, 0.2) is 5.13 Å². The van der Waals surface area contributed by atoms with Gasteiger partial charge in [0.2, 0.25) is 0 Å². The van der Waals surface area contributed by atoms with Crippen molar-refractivity contribution in [3.63, 3.8) is 0 Å². The Kier molecular flexibility index (Phi) is 4.99. The highest BCUT2D eigenvalue weighted by Gasteiger charge is 2.11. The average molecular weight is 414 g/mol. The van der Waals surface area contributed by atoms with E-state index in [1.165, 1.54) is 11.3 Å². The molecule has 1 aromatic heterocycles. The van der Waals surface area contributed by atoms with Gasteiger partial charge in [-0.05, 0) is 29.0 Å². The highest BCUT2D eigenvalue weighted by atomic mass is 35.5. The molecule has 0 aliphatic carbocycles. The molecule has 0 unspecified atom stereocenters. The van der Waals surface area contributed by atoms with E-state index in [1.807, 2.05) is 29.6 Å². The minimum Gasteiger partial charge on any atom is -0.308 e. The van der Waals surface area contributed by atoms with Gasteiger partial charge in [-0.25, -0.2) is 9.78 Å². The second-order valence-electron chi connectivity index (χ2n) is 5.77. The number of halogens is 2. The maximum absolute atomic E-state index is 12.2. The van der Waals surface area contributed by atoms with Crippen LogP contribution in [0.3, 0.4) is 0 Å². The fourth-order valence-corrected chi connectivity index (χ4v) is 3.74. The van der Waals surface area contributed by atoms with Crippen molar-refractivity contribution in [2.45, 2.75) is 0 Å². The summed E-state index contributed by atoms with van der Waals surface area (Å²) >= 11 is 13.2. The molecule has 134 valence electrons. The lowest BCUT2D eigenvalue weighted by molar-refractivity contribution is 0.262. The van der Waals surface area contributed by atoms with E-state index in [9.17, 15) is 4.79 Å². The van der Waals surface area contributed by atoms with Gasteiger partial charge in [-0.1, -0.05) is 65.7 Å². The van der Waals surface area contributed by atoms with Crippen molar-refractivity contribution in [3.8, 4) is 11.3 Å². The molecule has 27 heavy (non-hydrogen) atoms. The lowest BCUT2D eigenvalue weighted by Crippen LogP contribution is -2.19. The maximum atomic E-state index is 12.2. The largest absolute Gasteiger partial charge is 0.325 e. The highest BCUT2D eigenvalue weighted by molar-refractivity contribution is 7.14. The minimum absolute atomic E-state index is 0.377. The SMILES string of the molecule is O=C(Nc1ccc(Cl)c(Cl)c1)Nc1nc(-c2cccc3ccccc23)cs1. The summed E-state index contributed by atoms with van der Waals surface area (Å²) < 4.78 is 0. The van der Waals surface area contributed by atoms with Crippen molar-refractivity contribution >= 4 is 62.2 Å². The number of fused-ring (bicyclic) bond motifs is 1. The van der Waals surface area contributed by atoms with Crippen molar-refractivity contribution in [1.82, 2.24) is 4.98 Å². The third-order valence-corrected chi connectivity index (χ3v) is 5.46. The predicted molar refractivity (Wildman–Crippen MR) is 114 cm³/mol. The predicted octanol–water partition coefficient (Wildman–Crippen LogP) is 6.91. The Morgan fingerprint density at radius 1 is 0.926 bits per heavy atom. The van der Waals surface area contributed by atoms with Crippen LogP contribution in [0, 0.1) is 0 Å². The normalized spacial score (nSPS) is 10.7. The van der Waals surface area contributed by atoms with Crippen LogP contribution in [0.5, 0.6) is 0 Å². The number of hydrogen-bond donors (Lipinski definition) is 2. The molecule has 1 heterocycles. The zero-order valence-electron chi connectivity index (χ0n) is 13.9. The Hall–Kier alpha value is -2.60. The van der Waals surface area contributed by atoms with Crippen LogP contribution in [-0.4, -0.2) is 11.0 Å². The molecule has 4 aromatic rings. The summed E-state index contributed by atoms with van der Waals surface area (Å²) in [5.74, 6) is 0. The Bertz CT molecular complexity index is 1140. The zero-order chi connectivity index (χ0) is 18.8. The van der Waals surface area contributed by atoms with Gasteiger partial charge in [0.1, 0.15) is 0 Å². The molecule has 2 amide bonds. The molecule has 0 aliphatic rings. The Labute approximate surface area is 169 Å². The van der Waals surface area contributed by atoms with Crippen LogP contribution in [0.25, 0.3) is 22.0 Å². The Morgan fingerprint density at radius 3 is 2.59 bits per heavy atom. The Balaban J connectivity index is 1.52. The number of nitrogens with zero attached hydrogens (tertiary/aromatic N) is 1. The van der Waals surface area contributed by atoms with Crippen molar-refractivity contribution in [3.05, 3.63) is 76.1 Å². The Morgan fingerprint density at radius 2 is 1.74 bits per heavy atom. The third kappa shape index (κ3) is 3.90. The van der Waals surface area contributed by atoms with Crippen molar-refractivity contribution in [2.75, 3.05) is 10.6 Å². The molecule has 0 saturated heterocycles. The molecule has 0 fully saturated rings. The number of carbonyl (C=O) groups is 1. The molecule has 0 saturated carbocycles. The molecule has 0 aliphatic heterocycles. The lowest BCUT2D eigenvalue weighted by atomic mass is 10.0. The van der Waals surface area contributed by atoms with Crippen LogP contribution in [0.4, 0.5) is 15.6 Å². The number of nitrogens with one attached hydrogen (secondary N) is 2. The number of hydrogen-bond acceptors (Lipinski definition) is 3. The van der Waals surface area contributed by atoms with Gasteiger partial charge in [0, 0.05) is 16.6 Å². The van der Waals surface area contributed by atoms with E-state index in [0.717, 1.165) is 22.0 Å². The topological polar surface area (TPSA) is 54.0 Å². The summed E-state index contributed by atoms with van der Waals surface area (Å²) in [6.07, 6.45) is 0. The van der Waals surface area contributed by atoms with Gasteiger partial charge in [-0.3, -0.25) is 5.32 Å². The zero-order valence-corrected chi connectivity index (χ0v) is 16.2. The number of aromatic nitrogens is 1. The summed E-state index contributed by atoms with van der Waals surface area (Å²) in [5.41, 5.74) is 2.40. The number of amides is 2. The standard InChI is InChI=1S/C20H13Cl2N3OS/c21-16-9-8-13(10-17(16)22)23-19(26)25-20-24-18(11-27-20)15-7-3-5-12-4-1-2-6-14(12)15/h1-11H,(H2,23,24,25,26). The van der Waals surface area contributed by atoms with Crippen molar-refractivity contribution in [1.29, 1.82) is 0 Å². The monoisotopic (exact) mass is 413 g/mol. The van der Waals surface area contributed by atoms with Crippen LogP contribution < -0.4 is 10.6 Å². The van der Waals surface area contributed by atoms with E-state index in [4.69, 9.17) is 23.2 Å². The molecular weight excluding hydrogens is 401 g/mol. The molecular formula is C20H13Cl2N3OS. The number of rotatable bonds is 3. The quantitative estimate of drug-likeness (QED) is 0.383. The van der Waals surface area contributed by atoms with E-state index in [0.29, 0.717) is 20.9 Å². The van der Waals surface area contributed by atoms with Crippen LogP contribution in [0.15, 0.2) is 66.0 Å². The number of benzene rings is 3. The van der Waals surface area contributed by atoms with Crippen molar-refractivity contribution in [2.24, 2.45) is 0 Å². The van der Waals surface area contributed by atoms with Crippen molar-refractivity contribution < 1.29 is 4.79 Å². The third-order valence-electron chi connectivity index (χ3n) is 3.97. The first kappa shape index (κ1) is 17.8. The number of carbonyl (C=O) groups excluding carboxylic acids is 1. The van der Waals surface area contributed by atoms with E-state index >= 15 is 0 Å². The molecule has 7 heteroatoms. The molecule has 0 bridgehead atoms. The molecule has 4 nitrogen and oxygen atoms in total. The first-order valence-electron chi connectivity index (χ1n) is 8.07. The number of anilines is 2. The van der Waals surface area contributed by atoms with E-state index in [2.05, 4.69) is 33.8 Å². The van der Waals surface area contributed by atoms with Crippen LogP contribution >= 0.6 is 34.5 Å². The van der Waals surface area contributed by atoms with E-state index < -0.39 is 6.03 Å². The summed E-state index contributed by atoms with van der Waals surface area (Å²) in [6.45, 7) is 0. The van der Waals surface area contributed by atoms with Crippen LogP contribution in [0.1, 0.15) is 0 Å². The average Bonchev–Trinajstić information content (AvgIpc) is 3.12. The maximum Gasteiger partial charge on any atom is 0.325 e. The van der Waals surface area contributed by atoms with E-state index in [1.54, 1.807) is 18.2 Å². The molecule has 2 N–H and O–H groups in total. The van der Waals surface area contributed by atoms with Crippen LogP contribution in [-0.2, 0) is 0 Å². The second kappa shape index (κ2) is 7.56. The van der Waals surface area contributed by atoms with Gasteiger partial charge in [-0.15, -0.1) is 11.3 Å². The first-order chi connectivity index (χ1) is 13.1. The smallest absolute Gasteiger partial charge is 0.308 e. The van der Waals surface area contributed by atoms with Crippen LogP contribution in [0.2, 0.25) is 10.0 Å². The van der Waals surface area contributed by atoms with Gasteiger partial charge < -0.3 is 5.32 Å². The molecule has 0 radical (unpaired) electrons. The molecule has 0 spiro atoms.